The number of aliphatic hydroxyl groups excluding tert-OH is 1. The van der Waals surface area contributed by atoms with Gasteiger partial charge in [0.25, 0.3) is 0 Å². The van der Waals surface area contributed by atoms with E-state index in [1.807, 2.05) is 25.9 Å². The van der Waals surface area contributed by atoms with E-state index in [4.69, 9.17) is 23.7 Å². The summed E-state index contributed by atoms with van der Waals surface area (Å²) in [5.41, 5.74) is -3.33. The van der Waals surface area contributed by atoms with Gasteiger partial charge in [0.1, 0.15) is 23.4 Å². The Labute approximate surface area is 274 Å². The molecule has 0 saturated carbocycles. The number of hydrogen-bond donors (Lipinski definition) is 2. The van der Waals surface area contributed by atoms with E-state index < -0.39 is 83.3 Å². The molecule has 0 aliphatic carbocycles. The summed E-state index contributed by atoms with van der Waals surface area (Å²) in [4.78, 5) is 55.5. The minimum absolute atomic E-state index is 0.0365. The molecule has 0 amide bonds. The smallest absolute Gasteiger partial charge is 0.316 e. The fraction of sp³-hybridized carbons (Fsp3) is 0.824. The number of carbonyl (C=O) groups excluding carboxylic acids is 4. The Kier molecular flexibility index (Phi) is 14.1. The summed E-state index contributed by atoms with van der Waals surface area (Å²) >= 11 is 0. The van der Waals surface area contributed by atoms with Crippen LogP contribution in [-0.2, 0) is 42.9 Å². The van der Waals surface area contributed by atoms with Gasteiger partial charge in [-0.1, -0.05) is 33.8 Å². The molecule has 264 valence electrons. The van der Waals surface area contributed by atoms with Gasteiger partial charge < -0.3 is 38.8 Å². The monoisotopic (exact) mass is 655 g/mol. The van der Waals surface area contributed by atoms with E-state index in [-0.39, 0.29) is 37.4 Å². The number of hydrogen-bond acceptors (Lipinski definition) is 12. The molecule has 13 atom stereocenters. The summed E-state index contributed by atoms with van der Waals surface area (Å²) in [5, 5.41) is 22.6. The van der Waals surface area contributed by atoms with Crippen LogP contribution in [0, 0.1) is 23.7 Å². The van der Waals surface area contributed by atoms with E-state index in [2.05, 4.69) is 6.58 Å². The van der Waals surface area contributed by atoms with Crippen LogP contribution in [0.2, 0.25) is 0 Å². The van der Waals surface area contributed by atoms with Gasteiger partial charge in [0.15, 0.2) is 18.2 Å². The van der Waals surface area contributed by atoms with Crippen molar-refractivity contribution in [2.45, 2.75) is 136 Å². The Morgan fingerprint density at radius 3 is 2.22 bits per heavy atom. The average Bonchev–Trinajstić information content (AvgIpc) is 2.98. The van der Waals surface area contributed by atoms with Crippen molar-refractivity contribution in [1.82, 2.24) is 4.90 Å². The Morgan fingerprint density at radius 2 is 1.70 bits per heavy atom. The van der Waals surface area contributed by atoms with Gasteiger partial charge in [-0.3, -0.25) is 19.2 Å². The average molecular weight is 656 g/mol. The molecule has 2 heterocycles. The first-order valence-electron chi connectivity index (χ1n) is 16.3. The first kappa shape index (κ1) is 40.0. The zero-order valence-electron chi connectivity index (χ0n) is 29.5. The Hall–Kier alpha value is -2.22. The van der Waals surface area contributed by atoms with Crippen LogP contribution in [0.15, 0.2) is 12.7 Å². The molecule has 0 unspecified atom stereocenters. The number of cyclic esters (lactones) is 1. The van der Waals surface area contributed by atoms with Crippen LogP contribution in [0.25, 0.3) is 0 Å². The summed E-state index contributed by atoms with van der Waals surface area (Å²) in [6.07, 6.45) is -3.93. The molecule has 0 radical (unpaired) electrons. The number of likely N-dealkylation sites (N-methyl/N-ethyl adjacent to an activating group) is 1. The number of nitrogens with zero attached hydrogens (tertiary/aromatic N) is 1. The van der Waals surface area contributed by atoms with Crippen LogP contribution in [0.5, 0.6) is 0 Å². The maximum Gasteiger partial charge on any atom is 0.316 e. The van der Waals surface area contributed by atoms with Crippen molar-refractivity contribution < 1.29 is 53.1 Å². The summed E-state index contributed by atoms with van der Waals surface area (Å²) in [5.74, 6) is -6.39. The number of esters is 2. The van der Waals surface area contributed by atoms with Gasteiger partial charge in [-0.05, 0) is 61.1 Å². The number of carbonyl (C=O) groups is 4. The lowest BCUT2D eigenvalue weighted by molar-refractivity contribution is -0.299. The quantitative estimate of drug-likeness (QED) is 0.224. The van der Waals surface area contributed by atoms with Crippen molar-refractivity contribution in [2.75, 3.05) is 20.7 Å². The van der Waals surface area contributed by atoms with Gasteiger partial charge in [0.2, 0.25) is 0 Å². The molecular formula is C34H57NO11. The highest BCUT2D eigenvalue weighted by atomic mass is 16.7. The second-order valence-electron chi connectivity index (χ2n) is 13.8. The molecule has 2 fully saturated rings. The molecular weight excluding hydrogens is 598 g/mol. The van der Waals surface area contributed by atoms with Crippen LogP contribution in [0.4, 0.5) is 0 Å². The number of Topliss-reactive ketones (excluding diaryl/α,β-unsaturated/α-hetero) is 2. The third-order valence-electron chi connectivity index (χ3n) is 9.65. The topological polar surface area (TPSA) is 158 Å². The molecule has 2 aliphatic heterocycles. The molecule has 12 heteroatoms. The van der Waals surface area contributed by atoms with Gasteiger partial charge in [-0.25, -0.2) is 0 Å². The van der Waals surface area contributed by atoms with Gasteiger partial charge in [0, 0.05) is 24.7 Å². The Balaban J connectivity index is 2.75. The van der Waals surface area contributed by atoms with Crippen molar-refractivity contribution in [3.8, 4) is 0 Å². The normalized spacial score (nSPS) is 41.9. The van der Waals surface area contributed by atoms with Gasteiger partial charge in [-0.15, -0.1) is 6.58 Å². The molecule has 0 bridgehead atoms. The predicted octanol–water partition coefficient (Wildman–Crippen LogP) is 2.85. The second kappa shape index (κ2) is 16.3. The molecule has 2 N–H and O–H groups in total. The number of ether oxygens (including phenoxy) is 5. The van der Waals surface area contributed by atoms with E-state index in [1.165, 1.54) is 33.8 Å². The maximum atomic E-state index is 14.1. The molecule has 0 spiro atoms. The fourth-order valence-electron chi connectivity index (χ4n) is 6.93. The van der Waals surface area contributed by atoms with E-state index in [0.717, 1.165) is 0 Å². The van der Waals surface area contributed by atoms with E-state index in [1.54, 1.807) is 27.7 Å². The molecule has 46 heavy (non-hydrogen) atoms. The lowest BCUT2D eigenvalue weighted by atomic mass is 9.74. The molecule has 0 aromatic rings. The largest absolute Gasteiger partial charge is 0.459 e. The number of rotatable bonds is 8. The summed E-state index contributed by atoms with van der Waals surface area (Å²) < 4.78 is 30.6. The van der Waals surface area contributed by atoms with Crippen molar-refractivity contribution in [2.24, 2.45) is 23.7 Å². The lowest BCUT2D eigenvalue weighted by Crippen LogP contribution is -2.60. The number of aliphatic hydroxyl groups is 2. The molecule has 2 aliphatic rings. The van der Waals surface area contributed by atoms with Gasteiger partial charge in [-0.2, -0.15) is 0 Å². The highest BCUT2D eigenvalue weighted by molar-refractivity contribution is 6.00. The Morgan fingerprint density at radius 1 is 1.09 bits per heavy atom. The minimum Gasteiger partial charge on any atom is -0.459 e. The first-order valence-corrected chi connectivity index (χ1v) is 16.3. The van der Waals surface area contributed by atoms with Crippen molar-refractivity contribution in [3.05, 3.63) is 12.7 Å². The third-order valence-corrected chi connectivity index (χ3v) is 9.65. The summed E-state index contributed by atoms with van der Waals surface area (Å²) in [7, 11) is 3.72. The van der Waals surface area contributed by atoms with Crippen LogP contribution in [0.1, 0.15) is 81.6 Å². The minimum atomic E-state index is -1.98. The molecule has 12 nitrogen and oxygen atoms in total. The number of ketones is 2. The zero-order chi connectivity index (χ0) is 35.3. The fourth-order valence-corrected chi connectivity index (χ4v) is 6.93. The SMILES string of the molecule is C=CCO[C@@]1(C)C[C@@H](C)C(=O)[C@H](C)[C@@H](O)[C@](C)(O)[C@@H](CC)OC(=O)[C@H](C)C(=O)[C@H](C)[C@H]1O[C@@H]1O[C@H](C)C[C@H](N(C)C)[C@H]1OC(C)=O. The van der Waals surface area contributed by atoms with Crippen molar-refractivity contribution >= 4 is 23.5 Å². The van der Waals surface area contributed by atoms with Crippen LogP contribution in [0.3, 0.4) is 0 Å². The van der Waals surface area contributed by atoms with E-state index in [0.29, 0.717) is 6.42 Å². The van der Waals surface area contributed by atoms with Gasteiger partial charge in [0.05, 0.1) is 36.6 Å². The van der Waals surface area contributed by atoms with Crippen LogP contribution < -0.4 is 0 Å². The zero-order valence-corrected chi connectivity index (χ0v) is 29.5. The van der Waals surface area contributed by atoms with Crippen molar-refractivity contribution in [1.29, 1.82) is 0 Å². The van der Waals surface area contributed by atoms with Crippen LogP contribution >= 0.6 is 0 Å². The summed E-state index contributed by atoms with van der Waals surface area (Å²) in [6.45, 7) is 17.9. The molecule has 0 aromatic carbocycles. The third kappa shape index (κ3) is 9.02. The summed E-state index contributed by atoms with van der Waals surface area (Å²) in [6, 6.07) is -0.280. The first-order chi connectivity index (χ1) is 21.2. The Bertz CT molecular complexity index is 1090. The second-order valence-corrected chi connectivity index (χ2v) is 13.8. The molecule has 2 rings (SSSR count). The maximum absolute atomic E-state index is 14.1. The predicted molar refractivity (Wildman–Crippen MR) is 169 cm³/mol. The highest BCUT2D eigenvalue weighted by Gasteiger charge is 2.52. The van der Waals surface area contributed by atoms with Gasteiger partial charge >= 0.3 is 11.9 Å². The van der Waals surface area contributed by atoms with Crippen LogP contribution in [-0.4, -0.2) is 113 Å². The molecule has 2 saturated heterocycles. The standard InChI is InChI=1S/C34H57NO11/c1-13-15-42-33(9)17-18(3)26(37)20(5)29(39)34(10,41)25(14-2)45-31(40)22(7)27(38)21(6)30(33)46-32-28(44-23(8)36)24(35(11)12)16-19(4)43-32/h13,18-22,24-25,28-30,32,39,41H,1,14-17H2,2-12H3/t18-,19-,20+,21+,22-,24+,25-,28-,29-,30-,32+,33+,34-/m1/s1. The van der Waals surface area contributed by atoms with Crippen molar-refractivity contribution in [3.63, 3.8) is 0 Å². The van der Waals surface area contributed by atoms with E-state index in [9.17, 15) is 29.4 Å². The van der Waals surface area contributed by atoms with E-state index >= 15 is 0 Å². The lowest BCUT2D eigenvalue weighted by Gasteiger charge is -2.48. The molecule has 0 aromatic heterocycles. The highest BCUT2D eigenvalue weighted by Crippen LogP contribution is 2.39.